The van der Waals surface area contributed by atoms with Crippen molar-refractivity contribution in [1.82, 2.24) is 0 Å². The summed E-state index contributed by atoms with van der Waals surface area (Å²) in [6, 6.07) is 0. The summed E-state index contributed by atoms with van der Waals surface area (Å²) in [6.45, 7) is 1.51. The molecule has 2 nitrogen and oxygen atoms in total. The van der Waals surface area contributed by atoms with Gasteiger partial charge in [0, 0.05) is 12.5 Å². The Morgan fingerprint density at radius 3 is 2.50 bits per heavy atom. The molecule has 0 amide bonds. The lowest BCUT2D eigenvalue weighted by atomic mass is 9.74. The molecule has 0 saturated heterocycles. The molecule has 2 heteroatoms. The quantitative estimate of drug-likeness (QED) is 0.686. The van der Waals surface area contributed by atoms with Gasteiger partial charge in [-0.2, -0.15) is 0 Å². The molecule has 1 fully saturated rings. The maximum atomic E-state index is 11.3. The summed E-state index contributed by atoms with van der Waals surface area (Å²) in [5.74, 6) is -0.170. The SMILES string of the molecule is CC(=O)OC1C=C(C2=CCCCC2)C1=C1CCCCC1. The number of esters is 1. The minimum Gasteiger partial charge on any atom is -0.453 e. The van der Waals surface area contributed by atoms with Crippen molar-refractivity contribution in [3.8, 4) is 0 Å². The van der Waals surface area contributed by atoms with Crippen LogP contribution in [0.3, 0.4) is 0 Å². The predicted octanol–water partition coefficient (Wildman–Crippen LogP) is 4.62. The fraction of sp³-hybridized carbons (Fsp3) is 0.611. The molecule has 108 valence electrons. The second-order valence-electron chi connectivity index (χ2n) is 6.16. The normalized spacial score (nSPS) is 26.6. The van der Waals surface area contributed by atoms with Crippen LogP contribution in [0.15, 0.2) is 34.4 Å². The molecule has 3 aliphatic carbocycles. The number of hydrogen-bond acceptors (Lipinski definition) is 2. The topological polar surface area (TPSA) is 26.3 Å². The minimum atomic E-state index is -0.170. The predicted molar refractivity (Wildman–Crippen MR) is 80.3 cm³/mol. The molecule has 1 atom stereocenters. The number of rotatable bonds is 2. The summed E-state index contributed by atoms with van der Waals surface area (Å²) < 4.78 is 5.47. The van der Waals surface area contributed by atoms with Crippen LogP contribution in [0.5, 0.6) is 0 Å². The third kappa shape index (κ3) is 2.74. The number of carbonyl (C=O) groups excluding carboxylic acids is 1. The number of ether oxygens (including phenoxy) is 1. The Morgan fingerprint density at radius 2 is 1.85 bits per heavy atom. The highest BCUT2D eigenvalue weighted by Crippen LogP contribution is 2.43. The summed E-state index contributed by atoms with van der Waals surface area (Å²) in [4.78, 5) is 11.3. The zero-order valence-corrected chi connectivity index (χ0v) is 12.4. The van der Waals surface area contributed by atoms with Crippen LogP contribution >= 0.6 is 0 Å². The molecular formula is C18H24O2. The van der Waals surface area contributed by atoms with Gasteiger partial charge >= 0.3 is 5.97 Å². The first kappa shape index (κ1) is 13.7. The maximum Gasteiger partial charge on any atom is 0.303 e. The minimum absolute atomic E-state index is 0.0709. The van der Waals surface area contributed by atoms with Crippen LogP contribution in [-0.2, 0) is 9.53 Å². The van der Waals surface area contributed by atoms with Gasteiger partial charge in [0.1, 0.15) is 6.10 Å². The molecule has 1 unspecified atom stereocenters. The molecule has 0 aromatic heterocycles. The Labute approximate surface area is 121 Å². The highest BCUT2D eigenvalue weighted by atomic mass is 16.5. The molecule has 0 spiro atoms. The van der Waals surface area contributed by atoms with Gasteiger partial charge in [-0.1, -0.05) is 18.1 Å². The van der Waals surface area contributed by atoms with Crippen LogP contribution in [0.25, 0.3) is 0 Å². The van der Waals surface area contributed by atoms with Gasteiger partial charge in [0.2, 0.25) is 0 Å². The Balaban J connectivity index is 1.87. The summed E-state index contributed by atoms with van der Waals surface area (Å²) in [5.41, 5.74) is 5.79. The summed E-state index contributed by atoms with van der Waals surface area (Å²) in [5, 5.41) is 0. The van der Waals surface area contributed by atoms with E-state index in [4.69, 9.17) is 4.74 Å². The molecule has 0 radical (unpaired) electrons. The first-order valence-electron chi connectivity index (χ1n) is 8.06. The van der Waals surface area contributed by atoms with Crippen molar-refractivity contribution in [3.63, 3.8) is 0 Å². The van der Waals surface area contributed by atoms with Gasteiger partial charge in [0.15, 0.2) is 0 Å². The van der Waals surface area contributed by atoms with Crippen LogP contribution in [-0.4, -0.2) is 12.1 Å². The Hall–Kier alpha value is -1.31. The highest BCUT2D eigenvalue weighted by Gasteiger charge is 2.33. The third-order valence-corrected chi connectivity index (χ3v) is 4.66. The van der Waals surface area contributed by atoms with Gasteiger partial charge in [-0.25, -0.2) is 0 Å². The zero-order valence-electron chi connectivity index (χ0n) is 12.4. The van der Waals surface area contributed by atoms with Crippen LogP contribution in [0.2, 0.25) is 0 Å². The van der Waals surface area contributed by atoms with Crippen molar-refractivity contribution in [1.29, 1.82) is 0 Å². The van der Waals surface area contributed by atoms with Crippen LogP contribution < -0.4 is 0 Å². The van der Waals surface area contributed by atoms with E-state index in [0.29, 0.717) is 0 Å². The van der Waals surface area contributed by atoms with Gasteiger partial charge in [-0.3, -0.25) is 4.79 Å². The van der Waals surface area contributed by atoms with Crippen molar-refractivity contribution in [2.45, 2.75) is 70.8 Å². The molecule has 0 aliphatic heterocycles. The standard InChI is InChI=1S/C18H24O2/c1-13(19)20-17-12-16(14-8-4-2-5-9-14)18(17)15-10-6-3-7-11-15/h8,12,17H,2-7,9-11H2,1H3. The molecule has 0 N–H and O–H groups in total. The number of allylic oxidation sites excluding steroid dienone is 3. The van der Waals surface area contributed by atoms with E-state index in [0.717, 1.165) is 0 Å². The largest absolute Gasteiger partial charge is 0.453 e. The fourth-order valence-electron chi connectivity index (χ4n) is 3.66. The molecule has 3 aliphatic rings. The van der Waals surface area contributed by atoms with Crippen molar-refractivity contribution in [2.75, 3.05) is 0 Å². The highest BCUT2D eigenvalue weighted by molar-refractivity contribution is 5.70. The van der Waals surface area contributed by atoms with Gasteiger partial charge in [-0.15, -0.1) is 0 Å². The Bertz CT molecular complexity index is 486. The van der Waals surface area contributed by atoms with E-state index >= 15 is 0 Å². The van der Waals surface area contributed by atoms with Crippen LogP contribution in [0, 0.1) is 0 Å². The number of hydrogen-bond donors (Lipinski definition) is 0. The molecule has 1 saturated carbocycles. The average molecular weight is 272 g/mol. The Kier molecular flexibility index (Phi) is 4.09. The van der Waals surface area contributed by atoms with Crippen LogP contribution in [0.4, 0.5) is 0 Å². The van der Waals surface area contributed by atoms with E-state index in [2.05, 4.69) is 12.2 Å². The van der Waals surface area contributed by atoms with E-state index in [1.807, 2.05) is 0 Å². The molecule has 20 heavy (non-hydrogen) atoms. The first-order valence-corrected chi connectivity index (χ1v) is 8.06. The van der Waals surface area contributed by atoms with Gasteiger partial charge in [0.05, 0.1) is 0 Å². The van der Waals surface area contributed by atoms with Crippen molar-refractivity contribution in [2.24, 2.45) is 0 Å². The molecule has 0 aromatic rings. The lowest BCUT2D eigenvalue weighted by molar-refractivity contribution is -0.143. The number of carbonyl (C=O) groups is 1. The molecule has 3 rings (SSSR count). The van der Waals surface area contributed by atoms with E-state index in [1.54, 1.807) is 5.57 Å². The maximum absolute atomic E-state index is 11.3. The van der Waals surface area contributed by atoms with Gasteiger partial charge in [0.25, 0.3) is 0 Å². The smallest absolute Gasteiger partial charge is 0.303 e. The summed E-state index contributed by atoms with van der Waals surface area (Å²) >= 11 is 0. The van der Waals surface area contributed by atoms with Crippen molar-refractivity contribution in [3.05, 3.63) is 34.4 Å². The molecule has 0 aromatic carbocycles. The van der Waals surface area contributed by atoms with E-state index in [9.17, 15) is 4.79 Å². The van der Waals surface area contributed by atoms with Crippen LogP contribution in [0.1, 0.15) is 64.7 Å². The lowest BCUT2D eigenvalue weighted by Crippen LogP contribution is -2.29. The monoisotopic (exact) mass is 272 g/mol. The Morgan fingerprint density at radius 1 is 1.10 bits per heavy atom. The first-order chi connectivity index (χ1) is 9.75. The lowest BCUT2D eigenvalue weighted by Gasteiger charge is -2.35. The third-order valence-electron chi connectivity index (χ3n) is 4.66. The molecule has 0 bridgehead atoms. The second kappa shape index (κ2) is 5.99. The van der Waals surface area contributed by atoms with Gasteiger partial charge < -0.3 is 4.74 Å². The molecular weight excluding hydrogens is 248 g/mol. The van der Waals surface area contributed by atoms with E-state index < -0.39 is 0 Å². The van der Waals surface area contributed by atoms with Gasteiger partial charge in [-0.05, 0) is 68.6 Å². The van der Waals surface area contributed by atoms with Crippen molar-refractivity contribution < 1.29 is 9.53 Å². The fourth-order valence-corrected chi connectivity index (χ4v) is 3.66. The average Bonchev–Trinajstić information content (AvgIpc) is 2.45. The second-order valence-corrected chi connectivity index (χ2v) is 6.16. The zero-order chi connectivity index (χ0) is 13.9. The summed E-state index contributed by atoms with van der Waals surface area (Å²) in [7, 11) is 0. The van der Waals surface area contributed by atoms with Crippen molar-refractivity contribution >= 4 is 5.97 Å². The van der Waals surface area contributed by atoms with E-state index in [-0.39, 0.29) is 12.1 Å². The molecule has 0 heterocycles. The summed E-state index contributed by atoms with van der Waals surface area (Å²) in [6.07, 6.45) is 15.8. The van der Waals surface area contributed by atoms with E-state index in [1.165, 1.54) is 81.4 Å².